The van der Waals surface area contributed by atoms with Crippen LogP contribution in [0.5, 0.6) is 17.2 Å². The van der Waals surface area contributed by atoms with Gasteiger partial charge < -0.3 is 30.6 Å². The number of aromatic nitrogens is 4. The molecule has 42 heavy (non-hydrogen) atoms. The van der Waals surface area contributed by atoms with Crippen molar-refractivity contribution in [2.24, 2.45) is 5.73 Å². The van der Waals surface area contributed by atoms with Gasteiger partial charge in [0.2, 0.25) is 0 Å². The Morgan fingerprint density at radius 3 is 2.38 bits per heavy atom. The first-order valence-electron chi connectivity index (χ1n) is 13.8. The van der Waals surface area contributed by atoms with E-state index in [0.717, 1.165) is 60.0 Å². The molecule has 1 saturated heterocycles. The lowest BCUT2D eigenvalue weighted by Gasteiger charge is -2.37. The van der Waals surface area contributed by atoms with Crippen LogP contribution < -0.4 is 30.6 Å². The Morgan fingerprint density at radius 2 is 1.62 bits per heavy atom. The standard InChI is InChI=1S/C31H34N8O3/c1-40-29-13-25-24-12-27(37-31(33)26(24)17-36-28(25)14-30(29)41-2)20-11-23(16-35-15-20)42-19-21(32)18-38-7-9-39(10-8-38)22-3-5-34-6-4-22/h3-6,11-17,21H,7-10,18-19,32H2,1-2H3,(H2,33,37)/t21-/m1/s1. The van der Waals surface area contributed by atoms with E-state index >= 15 is 0 Å². The minimum atomic E-state index is -0.138. The monoisotopic (exact) mass is 566 g/mol. The highest BCUT2D eigenvalue weighted by atomic mass is 16.5. The number of benzene rings is 1. The third-order valence-electron chi connectivity index (χ3n) is 7.58. The Kier molecular flexibility index (Phi) is 7.85. The van der Waals surface area contributed by atoms with Crippen molar-refractivity contribution >= 4 is 33.2 Å². The SMILES string of the molecule is COc1cc2ncc3c(N)nc(-c4cncc(OC[C@H](N)CN5CCN(c6ccncc6)CC5)c4)cc3c2cc1OC. The van der Waals surface area contributed by atoms with Gasteiger partial charge in [0.05, 0.1) is 37.7 Å². The molecule has 11 heteroatoms. The van der Waals surface area contributed by atoms with Crippen molar-refractivity contribution < 1.29 is 14.2 Å². The van der Waals surface area contributed by atoms with Crippen LogP contribution in [0.2, 0.25) is 0 Å². The first-order chi connectivity index (χ1) is 20.5. The van der Waals surface area contributed by atoms with Crippen LogP contribution in [0.25, 0.3) is 32.9 Å². The molecule has 0 bridgehead atoms. The molecule has 4 N–H and O–H groups in total. The van der Waals surface area contributed by atoms with Crippen molar-refractivity contribution in [3.8, 4) is 28.5 Å². The fourth-order valence-electron chi connectivity index (χ4n) is 5.37. The predicted molar refractivity (Wildman–Crippen MR) is 164 cm³/mol. The highest BCUT2D eigenvalue weighted by Gasteiger charge is 2.20. The predicted octanol–water partition coefficient (Wildman–Crippen LogP) is 3.37. The number of anilines is 2. The molecular weight excluding hydrogens is 532 g/mol. The number of hydrogen-bond donors (Lipinski definition) is 2. The van der Waals surface area contributed by atoms with Crippen LogP contribution in [0.15, 0.2) is 67.4 Å². The van der Waals surface area contributed by atoms with Crippen LogP contribution in [-0.2, 0) is 0 Å². The molecule has 1 aromatic carbocycles. The molecule has 1 atom stereocenters. The van der Waals surface area contributed by atoms with Gasteiger partial charge in [-0.05, 0) is 35.7 Å². The van der Waals surface area contributed by atoms with Crippen molar-refractivity contribution in [1.29, 1.82) is 0 Å². The summed E-state index contributed by atoms with van der Waals surface area (Å²) in [4.78, 5) is 22.5. The summed E-state index contributed by atoms with van der Waals surface area (Å²) in [5.41, 5.74) is 16.3. The van der Waals surface area contributed by atoms with Crippen LogP contribution in [-0.4, -0.2) is 84.4 Å². The van der Waals surface area contributed by atoms with Gasteiger partial charge in [-0.3, -0.25) is 19.9 Å². The molecule has 0 amide bonds. The van der Waals surface area contributed by atoms with Crippen molar-refractivity contribution in [3.63, 3.8) is 0 Å². The van der Waals surface area contributed by atoms with Crippen molar-refractivity contribution in [2.75, 3.05) is 64.2 Å². The second kappa shape index (κ2) is 12.0. The summed E-state index contributed by atoms with van der Waals surface area (Å²) in [5, 5.41) is 2.54. The van der Waals surface area contributed by atoms with Crippen molar-refractivity contribution in [1.82, 2.24) is 24.8 Å². The van der Waals surface area contributed by atoms with Crippen molar-refractivity contribution in [2.45, 2.75) is 6.04 Å². The molecule has 11 nitrogen and oxygen atoms in total. The molecule has 0 unspecified atom stereocenters. The van der Waals surface area contributed by atoms with Crippen LogP contribution >= 0.6 is 0 Å². The second-order valence-corrected chi connectivity index (χ2v) is 10.3. The fourth-order valence-corrected chi connectivity index (χ4v) is 5.37. The summed E-state index contributed by atoms with van der Waals surface area (Å²) in [6, 6.07) is 11.6. The molecule has 5 aromatic rings. The number of nitrogen functional groups attached to an aromatic ring is 1. The van der Waals surface area contributed by atoms with E-state index in [9.17, 15) is 0 Å². The lowest BCUT2D eigenvalue weighted by molar-refractivity contribution is 0.204. The van der Waals surface area contributed by atoms with Crippen LogP contribution in [0, 0.1) is 0 Å². The van der Waals surface area contributed by atoms with E-state index in [0.29, 0.717) is 35.4 Å². The zero-order chi connectivity index (χ0) is 29.1. The minimum absolute atomic E-state index is 0.138. The Hall–Kier alpha value is -4.74. The average molecular weight is 567 g/mol. The first kappa shape index (κ1) is 27.4. The number of ether oxygens (including phenoxy) is 3. The summed E-state index contributed by atoms with van der Waals surface area (Å²) in [6.07, 6.45) is 8.82. The number of nitrogens with two attached hydrogens (primary N) is 2. The maximum atomic E-state index is 6.46. The number of piperazine rings is 1. The summed E-state index contributed by atoms with van der Waals surface area (Å²) in [6.45, 7) is 4.94. The van der Waals surface area contributed by atoms with Gasteiger partial charge in [-0.15, -0.1) is 0 Å². The summed E-state index contributed by atoms with van der Waals surface area (Å²) in [5.74, 6) is 2.22. The van der Waals surface area contributed by atoms with Crippen LogP contribution in [0.3, 0.4) is 0 Å². The Labute approximate surface area is 244 Å². The fraction of sp³-hybridized carbons (Fsp3) is 0.290. The molecule has 1 aliphatic heterocycles. The zero-order valence-corrected chi connectivity index (χ0v) is 23.7. The summed E-state index contributed by atoms with van der Waals surface area (Å²) < 4.78 is 17.1. The highest BCUT2D eigenvalue weighted by Crippen LogP contribution is 2.37. The quantitative estimate of drug-likeness (QED) is 0.254. The number of rotatable bonds is 9. The third kappa shape index (κ3) is 5.69. The maximum absolute atomic E-state index is 6.46. The number of pyridine rings is 4. The second-order valence-electron chi connectivity index (χ2n) is 10.3. The average Bonchev–Trinajstić information content (AvgIpc) is 3.03. The smallest absolute Gasteiger partial charge is 0.162 e. The molecule has 5 heterocycles. The summed E-state index contributed by atoms with van der Waals surface area (Å²) in [7, 11) is 3.21. The minimum Gasteiger partial charge on any atom is -0.493 e. The zero-order valence-electron chi connectivity index (χ0n) is 23.7. The van der Waals surface area contributed by atoms with Gasteiger partial charge in [0.15, 0.2) is 11.5 Å². The van der Waals surface area contributed by atoms with Gasteiger partial charge in [-0.1, -0.05) is 0 Å². The molecule has 0 radical (unpaired) electrons. The Morgan fingerprint density at radius 1 is 0.857 bits per heavy atom. The van der Waals surface area contributed by atoms with Gasteiger partial charge >= 0.3 is 0 Å². The molecule has 0 aliphatic carbocycles. The topological polar surface area (TPSA) is 138 Å². The molecule has 6 rings (SSSR count). The highest BCUT2D eigenvalue weighted by molar-refractivity contribution is 6.10. The molecule has 1 aliphatic rings. The lowest BCUT2D eigenvalue weighted by atomic mass is 10.0. The first-order valence-corrected chi connectivity index (χ1v) is 13.8. The largest absolute Gasteiger partial charge is 0.493 e. The van der Waals surface area contributed by atoms with E-state index in [1.54, 1.807) is 32.8 Å². The van der Waals surface area contributed by atoms with Crippen molar-refractivity contribution in [3.05, 3.63) is 67.4 Å². The van der Waals surface area contributed by atoms with Crippen LogP contribution in [0.1, 0.15) is 0 Å². The normalized spacial score (nSPS) is 14.7. The van der Waals surface area contributed by atoms with E-state index in [1.165, 1.54) is 5.69 Å². The number of hydrogen-bond acceptors (Lipinski definition) is 11. The van der Waals surface area contributed by atoms with E-state index in [4.69, 9.17) is 25.7 Å². The van der Waals surface area contributed by atoms with E-state index < -0.39 is 0 Å². The van der Waals surface area contributed by atoms with Crippen LogP contribution in [0.4, 0.5) is 11.5 Å². The molecule has 4 aromatic heterocycles. The Bertz CT molecular complexity index is 1690. The molecule has 1 fully saturated rings. The summed E-state index contributed by atoms with van der Waals surface area (Å²) >= 11 is 0. The molecule has 0 spiro atoms. The van der Waals surface area contributed by atoms with Gasteiger partial charge in [-0.2, -0.15) is 0 Å². The molecule has 0 saturated carbocycles. The van der Waals surface area contributed by atoms with Gasteiger partial charge in [0, 0.05) is 85.6 Å². The van der Waals surface area contributed by atoms with Gasteiger partial charge in [-0.25, -0.2) is 4.98 Å². The number of nitrogens with zero attached hydrogens (tertiary/aromatic N) is 6. The third-order valence-corrected chi connectivity index (χ3v) is 7.58. The van der Waals surface area contributed by atoms with Gasteiger partial charge in [0.1, 0.15) is 18.2 Å². The van der Waals surface area contributed by atoms with E-state index in [2.05, 4.69) is 29.7 Å². The Balaban J connectivity index is 1.15. The lowest BCUT2D eigenvalue weighted by Crippen LogP contribution is -2.51. The maximum Gasteiger partial charge on any atom is 0.162 e. The van der Waals surface area contributed by atoms with Gasteiger partial charge in [0.25, 0.3) is 0 Å². The van der Waals surface area contributed by atoms with E-state index in [-0.39, 0.29) is 6.04 Å². The number of methoxy groups -OCH3 is 2. The van der Waals surface area contributed by atoms with E-state index in [1.807, 2.05) is 48.8 Å². The molecular formula is C31H34N8O3. The number of fused-ring (bicyclic) bond motifs is 3. The molecule has 216 valence electrons.